The first-order chi connectivity index (χ1) is 8.86. The predicted molar refractivity (Wildman–Crippen MR) is 72.3 cm³/mol. The Labute approximate surface area is 109 Å². The van der Waals surface area contributed by atoms with E-state index in [1.165, 1.54) is 31.2 Å². The Morgan fingerprint density at radius 1 is 1.00 bits per heavy atom. The highest BCUT2D eigenvalue weighted by Crippen LogP contribution is 2.48. The molecule has 0 spiro atoms. The minimum atomic E-state index is 0.269. The third-order valence-electron chi connectivity index (χ3n) is 4.25. The summed E-state index contributed by atoms with van der Waals surface area (Å²) in [7, 11) is 0. The summed E-state index contributed by atoms with van der Waals surface area (Å²) >= 11 is 0. The molecule has 2 nitrogen and oxygen atoms in total. The fourth-order valence-corrected chi connectivity index (χ4v) is 3.06. The van der Waals surface area contributed by atoms with Gasteiger partial charge in [-0.2, -0.15) is 0 Å². The monoisotopic (exact) mass is 243 g/mol. The molecule has 1 heterocycles. The van der Waals surface area contributed by atoms with Crippen molar-refractivity contribution in [2.75, 3.05) is 13.1 Å². The quantitative estimate of drug-likeness (QED) is 0.781. The zero-order valence-electron chi connectivity index (χ0n) is 10.8. The maximum atomic E-state index is 12.4. The van der Waals surface area contributed by atoms with Crippen molar-refractivity contribution in [3.8, 4) is 0 Å². The molecule has 3 rings (SSSR count). The molecule has 1 aromatic rings. The molecule has 1 aromatic carbocycles. The minimum absolute atomic E-state index is 0.269. The van der Waals surface area contributed by atoms with Crippen LogP contribution in [0.25, 0.3) is 0 Å². The van der Waals surface area contributed by atoms with Gasteiger partial charge in [0.2, 0.25) is 5.91 Å². The van der Waals surface area contributed by atoms with Crippen LogP contribution in [0, 0.1) is 5.92 Å². The van der Waals surface area contributed by atoms with Gasteiger partial charge in [-0.3, -0.25) is 4.79 Å². The van der Waals surface area contributed by atoms with E-state index in [4.69, 9.17) is 0 Å². The van der Waals surface area contributed by atoms with E-state index in [1.807, 2.05) is 6.07 Å². The molecule has 0 aromatic heterocycles. The Morgan fingerprint density at radius 3 is 2.33 bits per heavy atom. The summed E-state index contributed by atoms with van der Waals surface area (Å²) in [5, 5.41) is 0. The molecule has 2 fully saturated rings. The van der Waals surface area contributed by atoms with Gasteiger partial charge in [0.05, 0.1) is 0 Å². The van der Waals surface area contributed by atoms with Crippen LogP contribution in [0.2, 0.25) is 0 Å². The Bertz CT molecular complexity index is 406. The Balaban J connectivity index is 1.61. The van der Waals surface area contributed by atoms with Crippen molar-refractivity contribution in [1.29, 1.82) is 0 Å². The molecule has 1 amide bonds. The van der Waals surface area contributed by atoms with Gasteiger partial charge in [-0.05, 0) is 30.7 Å². The van der Waals surface area contributed by atoms with Gasteiger partial charge in [-0.15, -0.1) is 0 Å². The lowest BCUT2D eigenvalue weighted by molar-refractivity contribution is -0.132. The van der Waals surface area contributed by atoms with Crippen molar-refractivity contribution < 1.29 is 4.79 Å². The molecule has 0 bridgehead atoms. The van der Waals surface area contributed by atoms with Crippen molar-refractivity contribution in [2.45, 2.75) is 38.0 Å². The standard InChI is InChI=1S/C16H21NO/c18-16(17-10-6-1-2-7-11-17)15-12-14(15)13-8-4-3-5-9-13/h3-5,8-9,14-15H,1-2,6-7,10-12H2/t14-,15+/m1/s1. The van der Waals surface area contributed by atoms with E-state index in [0.29, 0.717) is 11.8 Å². The summed E-state index contributed by atoms with van der Waals surface area (Å²) in [6.45, 7) is 1.97. The number of benzene rings is 1. The number of hydrogen-bond acceptors (Lipinski definition) is 1. The van der Waals surface area contributed by atoms with E-state index in [9.17, 15) is 4.79 Å². The number of rotatable bonds is 2. The normalized spacial score (nSPS) is 27.7. The van der Waals surface area contributed by atoms with Gasteiger partial charge in [-0.1, -0.05) is 43.2 Å². The molecule has 2 heteroatoms. The smallest absolute Gasteiger partial charge is 0.226 e. The summed E-state index contributed by atoms with van der Waals surface area (Å²) in [5.41, 5.74) is 1.34. The second-order valence-corrected chi connectivity index (χ2v) is 5.60. The fourth-order valence-electron chi connectivity index (χ4n) is 3.06. The van der Waals surface area contributed by atoms with E-state index in [1.54, 1.807) is 0 Å². The zero-order valence-corrected chi connectivity index (χ0v) is 10.8. The summed E-state index contributed by atoms with van der Waals surface area (Å²) < 4.78 is 0. The van der Waals surface area contributed by atoms with Crippen molar-refractivity contribution in [2.24, 2.45) is 5.92 Å². The van der Waals surface area contributed by atoms with Crippen LogP contribution in [0.5, 0.6) is 0 Å². The van der Waals surface area contributed by atoms with Crippen LogP contribution in [0.4, 0.5) is 0 Å². The van der Waals surface area contributed by atoms with Crippen molar-refractivity contribution >= 4 is 5.91 Å². The van der Waals surface area contributed by atoms with E-state index in [0.717, 1.165) is 19.5 Å². The molecule has 1 saturated carbocycles. The highest BCUT2D eigenvalue weighted by Gasteiger charge is 2.45. The van der Waals surface area contributed by atoms with Crippen molar-refractivity contribution in [1.82, 2.24) is 4.90 Å². The van der Waals surface area contributed by atoms with Crippen LogP contribution in [-0.2, 0) is 4.79 Å². The van der Waals surface area contributed by atoms with Crippen molar-refractivity contribution in [3.05, 3.63) is 35.9 Å². The van der Waals surface area contributed by atoms with E-state index >= 15 is 0 Å². The lowest BCUT2D eigenvalue weighted by Crippen LogP contribution is -2.33. The predicted octanol–water partition coefficient (Wildman–Crippen LogP) is 3.19. The van der Waals surface area contributed by atoms with Crippen LogP contribution in [0.15, 0.2) is 30.3 Å². The lowest BCUT2D eigenvalue weighted by Gasteiger charge is -2.20. The van der Waals surface area contributed by atoms with Gasteiger partial charge in [-0.25, -0.2) is 0 Å². The number of hydrogen-bond donors (Lipinski definition) is 0. The molecule has 18 heavy (non-hydrogen) atoms. The Morgan fingerprint density at radius 2 is 1.67 bits per heavy atom. The number of carbonyl (C=O) groups excluding carboxylic acids is 1. The molecule has 0 unspecified atom stereocenters. The van der Waals surface area contributed by atoms with E-state index < -0.39 is 0 Å². The third-order valence-corrected chi connectivity index (χ3v) is 4.25. The highest BCUT2D eigenvalue weighted by atomic mass is 16.2. The molecule has 1 aliphatic heterocycles. The van der Waals surface area contributed by atoms with Crippen LogP contribution in [0.3, 0.4) is 0 Å². The average molecular weight is 243 g/mol. The average Bonchev–Trinajstić information content (AvgIpc) is 3.23. The second kappa shape index (κ2) is 5.13. The molecular weight excluding hydrogens is 222 g/mol. The molecular formula is C16H21NO. The van der Waals surface area contributed by atoms with E-state index in [2.05, 4.69) is 29.2 Å². The number of amides is 1. The van der Waals surface area contributed by atoms with Gasteiger partial charge in [0.25, 0.3) is 0 Å². The summed E-state index contributed by atoms with van der Waals surface area (Å²) in [5.74, 6) is 1.17. The number of carbonyl (C=O) groups is 1. The first-order valence-corrected chi connectivity index (χ1v) is 7.20. The summed E-state index contributed by atoms with van der Waals surface area (Å²) in [4.78, 5) is 14.5. The second-order valence-electron chi connectivity index (χ2n) is 5.60. The summed E-state index contributed by atoms with van der Waals surface area (Å²) in [6, 6.07) is 10.5. The van der Waals surface area contributed by atoms with Crippen LogP contribution in [0.1, 0.15) is 43.6 Å². The molecule has 0 N–H and O–H groups in total. The maximum Gasteiger partial charge on any atom is 0.226 e. The van der Waals surface area contributed by atoms with Crippen LogP contribution < -0.4 is 0 Å². The van der Waals surface area contributed by atoms with E-state index in [-0.39, 0.29) is 5.92 Å². The SMILES string of the molecule is O=C([C@H]1C[C@@H]1c1ccccc1)N1CCCCCC1. The maximum absolute atomic E-state index is 12.4. The van der Waals surface area contributed by atoms with Gasteiger partial charge in [0, 0.05) is 19.0 Å². The minimum Gasteiger partial charge on any atom is -0.342 e. The van der Waals surface area contributed by atoms with Crippen molar-refractivity contribution in [3.63, 3.8) is 0 Å². The summed E-state index contributed by atoms with van der Waals surface area (Å²) in [6.07, 6.45) is 6.01. The molecule has 2 aliphatic rings. The van der Waals surface area contributed by atoms with Gasteiger partial charge in [0.15, 0.2) is 0 Å². The molecule has 96 valence electrons. The molecule has 0 radical (unpaired) electrons. The first-order valence-electron chi connectivity index (χ1n) is 7.20. The highest BCUT2D eigenvalue weighted by molar-refractivity contribution is 5.83. The number of nitrogens with zero attached hydrogens (tertiary/aromatic N) is 1. The third kappa shape index (κ3) is 2.43. The topological polar surface area (TPSA) is 20.3 Å². The fraction of sp³-hybridized carbons (Fsp3) is 0.562. The first kappa shape index (κ1) is 11.8. The van der Waals surface area contributed by atoms with Gasteiger partial charge < -0.3 is 4.90 Å². The molecule has 2 atom stereocenters. The largest absolute Gasteiger partial charge is 0.342 e. The zero-order chi connectivity index (χ0) is 12.4. The number of likely N-dealkylation sites (tertiary alicyclic amines) is 1. The van der Waals surface area contributed by atoms with Crippen LogP contribution >= 0.6 is 0 Å². The molecule has 1 saturated heterocycles. The lowest BCUT2D eigenvalue weighted by atomic mass is 10.1. The Hall–Kier alpha value is -1.31. The van der Waals surface area contributed by atoms with Crippen LogP contribution in [-0.4, -0.2) is 23.9 Å². The molecule has 1 aliphatic carbocycles. The Kier molecular flexibility index (Phi) is 3.35. The van der Waals surface area contributed by atoms with Gasteiger partial charge >= 0.3 is 0 Å². The van der Waals surface area contributed by atoms with Gasteiger partial charge in [0.1, 0.15) is 0 Å².